The van der Waals surface area contributed by atoms with Gasteiger partial charge in [-0.25, -0.2) is 14.4 Å². The van der Waals surface area contributed by atoms with E-state index in [1.807, 2.05) is 26.0 Å². The molecule has 0 saturated carbocycles. The van der Waals surface area contributed by atoms with Crippen LogP contribution < -0.4 is 14.2 Å². The summed E-state index contributed by atoms with van der Waals surface area (Å²) >= 11 is 0. The molecule has 0 amide bonds. The molecule has 0 radical (unpaired) electrons. The fourth-order valence-electron chi connectivity index (χ4n) is 2.92. The van der Waals surface area contributed by atoms with Crippen LogP contribution in [0, 0.1) is 0 Å². The molecule has 0 aliphatic heterocycles. The number of benzene rings is 2. The molecule has 6 nitrogen and oxygen atoms in total. The molecule has 0 atom stereocenters. The summed E-state index contributed by atoms with van der Waals surface area (Å²) < 4.78 is 16.1. The van der Waals surface area contributed by atoms with Crippen LogP contribution in [0.2, 0.25) is 0 Å². The van der Waals surface area contributed by atoms with Crippen molar-refractivity contribution in [2.24, 2.45) is 0 Å². The van der Waals surface area contributed by atoms with E-state index in [2.05, 4.69) is 19.7 Å². The molecule has 6 heteroatoms. The van der Waals surface area contributed by atoms with Crippen molar-refractivity contribution < 1.29 is 28.6 Å². The summed E-state index contributed by atoms with van der Waals surface area (Å²) in [6.07, 6.45) is 0.759. The quantitative estimate of drug-likeness (QED) is 0.239. The number of esters is 3. The van der Waals surface area contributed by atoms with Crippen molar-refractivity contribution in [1.29, 1.82) is 0 Å². The van der Waals surface area contributed by atoms with Gasteiger partial charge in [-0.1, -0.05) is 50.4 Å². The fourth-order valence-corrected chi connectivity index (χ4v) is 2.92. The van der Waals surface area contributed by atoms with Crippen LogP contribution in [0.3, 0.4) is 0 Å². The van der Waals surface area contributed by atoms with Gasteiger partial charge in [0.25, 0.3) is 0 Å². The Labute approximate surface area is 206 Å². The Morgan fingerprint density at radius 3 is 1.60 bits per heavy atom. The molecule has 0 aromatic heterocycles. The zero-order valence-corrected chi connectivity index (χ0v) is 20.8. The minimum absolute atomic E-state index is 0.0820. The predicted octanol–water partition coefficient (Wildman–Crippen LogP) is 6.36. The van der Waals surface area contributed by atoms with Crippen LogP contribution >= 0.6 is 0 Å². The minimum Gasteiger partial charge on any atom is -0.423 e. The van der Waals surface area contributed by atoms with Crippen LogP contribution in [0.4, 0.5) is 0 Å². The van der Waals surface area contributed by atoms with E-state index >= 15 is 0 Å². The first kappa shape index (κ1) is 27.1. The normalized spacial score (nSPS) is 11.1. The Kier molecular flexibility index (Phi) is 9.11. The third-order valence-corrected chi connectivity index (χ3v) is 4.99. The Balaban J connectivity index is 2.55. The molecule has 0 aliphatic rings. The first-order valence-electron chi connectivity index (χ1n) is 11.0. The van der Waals surface area contributed by atoms with Gasteiger partial charge in [0.15, 0.2) is 11.5 Å². The number of ether oxygens (including phenoxy) is 3. The van der Waals surface area contributed by atoms with Crippen molar-refractivity contribution in [3.05, 3.63) is 95.6 Å². The maximum Gasteiger partial charge on any atom is 0.338 e. The molecule has 0 unspecified atom stereocenters. The summed E-state index contributed by atoms with van der Waals surface area (Å²) in [7, 11) is 0. The number of allylic oxidation sites excluding steroid dienone is 1. The van der Waals surface area contributed by atoms with Crippen LogP contribution in [0.1, 0.15) is 52.2 Å². The highest BCUT2D eigenvalue weighted by Gasteiger charge is 2.18. The third kappa shape index (κ3) is 7.14. The van der Waals surface area contributed by atoms with Crippen LogP contribution in [0.5, 0.6) is 17.2 Å². The molecular weight excluding hydrogens is 444 g/mol. The van der Waals surface area contributed by atoms with E-state index in [9.17, 15) is 14.4 Å². The first-order valence-corrected chi connectivity index (χ1v) is 11.0. The number of hydrogen-bond acceptors (Lipinski definition) is 6. The summed E-state index contributed by atoms with van der Waals surface area (Å²) in [6, 6.07) is 12.1. The molecule has 182 valence electrons. The molecule has 0 N–H and O–H groups in total. The molecule has 0 bridgehead atoms. The van der Waals surface area contributed by atoms with Gasteiger partial charge in [-0.15, -0.1) is 0 Å². The summed E-state index contributed by atoms with van der Waals surface area (Å²) in [5.41, 5.74) is 4.30. The predicted molar refractivity (Wildman–Crippen MR) is 136 cm³/mol. The number of hydrogen-bond donors (Lipinski definition) is 0. The summed E-state index contributed by atoms with van der Waals surface area (Å²) in [6.45, 7) is 19.4. The van der Waals surface area contributed by atoms with Crippen molar-refractivity contribution in [2.75, 3.05) is 0 Å². The maximum absolute atomic E-state index is 12.3. The highest BCUT2D eigenvalue weighted by Crippen LogP contribution is 2.36. The van der Waals surface area contributed by atoms with Crippen LogP contribution in [-0.2, 0) is 14.4 Å². The van der Waals surface area contributed by atoms with E-state index in [1.54, 1.807) is 37.3 Å². The van der Waals surface area contributed by atoms with Gasteiger partial charge in [-0.2, -0.15) is 0 Å². The Bertz CT molecular complexity index is 1230. The van der Waals surface area contributed by atoms with E-state index in [0.29, 0.717) is 11.3 Å². The van der Waals surface area contributed by atoms with E-state index < -0.39 is 17.9 Å². The smallest absolute Gasteiger partial charge is 0.338 e. The summed E-state index contributed by atoms with van der Waals surface area (Å²) in [5.74, 6) is -1.21. The van der Waals surface area contributed by atoms with E-state index in [4.69, 9.17) is 14.2 Å². The van der Waals surface area contributed by atoms with Gasteiger partial charge in [0.1, 0.15) is 5.75 Å². The van der Waals surface area contributed by atoms with Gasteiger partial charge < -0.3 is 14.2 Å². The summed E-state index contributed by atoms with van der Waals surface area (Å²) in [4.78, 5) is 36.2. The monoisotopic (exact) mass is 474 g/mol. The molecule has 2 rings (SSSR count). The van der Waals surface area contributed by atoms with Gasteiger partial charge in [0.2, 0.25) is 0 Å². The molecule has 0 spiro atoms. The largest absolute Gasteiger partial charge is 0.423 e. The highest BCUT2D eigenvalue weighted by molar-refractivity contribution is 5.92. The third-order valence-electron chi connectivity index (χ3n) is 4.99. The molecule has 0 fully saturated rings. The van der Waals surface area contributed by atoms with E-state index in [0.717, 1.165) is 28.7 Å². The van der Waals surface area contributed by atoms with Gasteiger partial charge >= 0.3 is 17.9 Å². The second kappa shape index (κ2) is 11.8. The molecule has 0 heterocycles. The molecule has 2 aromatic carbocycles. The first-order chi connectivity index (χ1) is 16.4. The minimum atomic E-state index is -0.642. The average Bonchev–Trinajstić information content (AvgIpc) is 2.81. The molecule has 0 aliphatic carbocycles. The number of carbonyl (C=O) groups is 3. The van der Waals surface area contributed by atoms with Crippen molar-refractivity contribution >= 4 is 23.5 Å². The lowest BCUT2D eigenvalue weighted by Crippen LogP contribution is -2.13. The lowest BCUT2D eigenvalue weighted by atomic mass is 9.92. The summed E-state index contributed by atoms with van der Waals surface area (Å²) in [5, 5.41) is 0. The Morgan fingerprint density at radius 2 is 1.11 bits per heavy atom. The van der Waals surface area contributed by atoms with E-state index in [1.165, 1.54) is 13.8 Å². The van der Waals surface area contributed by atoms with Crippen molar-refractivity contribution in [2.45, 2.75) is 41.0 Å². The fraction of sp³-hybridized carbons (Fsp3) is 0.207. The lowest BCUT2D eigenvalue weighted by molar-refractivity contribution is -0.132. The standard InChI is InChI=1S/C29H30O6/c1-9-20(8)26(21-10-13-23(14-11-21)33-27(30)17(2)3)22-12-15-24(34-28(31)18(4)5)25(16-22)35-29(32)19(6)7/h10-16H,2,4,6,9H2,1,3,5,7-8H3. The van der Waals surface area contributed by atoms with Crippen LogP contribution in [0.25, 0.3) is 5.57 Å². The van der Waals surface area contributed by atoms with Crippen molar-refractivity contribution in [3.8, 4) is 17.2 Å². The van der Waals surface area contributed by atoms with Gasteiger partial charge in [-0.3, -0.25) is 0 Å². The number of rotatable bonds is 9. The Hall–Kier alpha value is -4.19. The van der Waals surface area contributed by atoms with Gasteiger partial charge in [-0.05, 0) is 75.1 Å². The second-order valence-electron chi connectivity index (χ2n) is 8.20. The Morgan fingerprint density at radius 1 is 0.657 bits per heavy atom. The van der Waals surface area contributed by atoms with Crippen molar-refractivity contribution in [1.82, 2.24) is 0 Å². The SMILES string of the molecule is C=C(C)C(=O)Oc1ccc(C(=C(C)CC)c2ccc(OC(=O)C(=C)C)c(OC(=O)C(=C)C)c2)cc1. The average molecular weight is 475 g/mol. The second-order valence-corrected chi connectivity index (χ2v) is 8.20. The van der Waals surface area contributed by atoms with Crippen LogP contribution in [0.15, 0.2) is 84.5 Å². The molecule has 2 aromatic rings. The molecule has 0 saturated heterocycles. The van der Waals surface area contributed by atoms with Gasteiger partial charge in [0, 0.05) is 16.7 Å². The van der Waals surface area contributed by atoms with Gasteiger partial charge in [0.05, 0.1) is 0 Å². The highest BCUT2D eigenvalue weighted by atomic mass is 16.6. The maximum atomic E-state index is 12.3. The van der Waals surface area contributed by atoms with Crippen LogP contribution in [-0.4, -0.2) is 17.9 Å². The molecular formula is C29H30O6. The lowest BCUT2D eigenvalue weighted by Gasteiger charge is -2.16. The zero-order chi connectivity index (χ0) is 26.3. The topological polar surface area (TPSA) is 78.9 Å². The number of carbonyl (C=O) groups excluding carboxylic acids is 3. The molecule has 35 heavy (non-hydrogen) atoms. The van der Waals surface area contributed by atoms with E-state index in [-0.39, 0.29) is 22.6 Å². The van der Waals surface area contributed by atoms with Crippen molar-refractivity contribution in [3.63, 3.8) is 0 Å². The zero-order valence-electron chi connectivity index (χ0n) is 20.8.